The van der Waals surface area contributed by atoms with Crippen LogP contribution in [-0.4, -0.2) is 22.8 Å². The van der Waals surface area contributed by atoms with Crippen molar-refractivity contribution in [3.63, 3.8) is 0 Å². The van der Waals surface area contributed by atoms with E-state index in [9.17, 15) is 4.79 Å². The molecule has 0 spiro atoms. The quantitative estimate of drug-likeness (QED) is 0.749. The first kappa shape index (κ1) is 13.2. The average molecular weight is 226 g/mol. The van der Waals surface area contributed by atoms with E-state index in [4.69, 9.17) is 9.84 Å². The standard InChI is InChI=1S/C13H22O3/c1-9(16-13(4,5)11(14)15)10-6-7-12(2,3)8-10/h8-9H,6-7H2,1-5H3,(H,14,15). The lowest BCUT2D eigenvalue weighted by molar-refractivity contribution is -0.164. The molecule has 0 amide bonds. The summed E-state index contributed by atoms with van der Waals surface area (Å²) in [6.07, 6.45) is 4.22. The molecule has 0 saturated carbocycles. The molecular formula is C13H22O3. The molecule has 0 aliphatic heterocycles. The van der Waals surface area contributed by atoms with Gasteiger partial charge in [0, 0.05) is 0 Å². The predicted molar refractivity (Wildman–Crippen MR) is 63.4 cm³/mol. The Hall–Kier alpha value is -0.830. The number of hydrogen-bond acceptors (Lipinski definition) is 2. The maximum absolute atomic E-state index is 11.0. The Kier molecular flexibility index (Phi) is 3.48. The minimum absolute atomic E-state index is 0.118. The first-order chi connectivity index (χ1) is 7.14. The highest BCUT2D eigenvalue weighted by molar-refractivity contribution is 5.76. The second-order valence-electron chi connectivity index (χ2n) is 5.78. The second-order valence-corrected chi connectivity index (χ2v) is 5.78. The van der Waals surface area contributed by atoms with Crippen molar-refractivity contribution in [2.24, 2.45) is 5.41 Å². The molecule has 1 aliphatic rings. The fourth-order valence-corrected chi connectivity index (χ4v) is 2.00. The van der Waals surface area contributed by atoms with Gasteiger partial charge in [-0.25, -0.2) is 4.79 Å². The molecule has 1 unspecified atom stereocenters. The highest BCUT2D eigenvalue weighted by atomic mass is 16.5. The van der Waals surface area contributed by atoms with Gasteiger partial charge in [-0.05, 0) is 44.6 Å². The minimum Gasteiger partial charge on any atom is -0.479 e. The summed E-state index contributed by atoms with van der Waals surface area (Å²) in [5.74, 6) is -0.919. The zero-order chi connectivity index (χ0) is 12.6. The Morgan fingerprint density at radius 2 is 2.12 bits per heavy atom. The number of rotatable bonds is 4. The summed E-state index contributed by atoms with van der Waals surface area (Å²) >= 11 is 0. The molecule has 92 valence electrons. The van der Waals surface area contributed by atoms with Crippen molar-refractivity contribution < 1.29 is 14.6 Å². The van der Waals surface area contributed by atoms with Crippen molar-refractivity contribution in [1.29, 1.82) is 0 Å². The Balaban J connectivity index is 2.67. The fraction of sp³-hybridized carbons (Fsp3) is 0.769. The molecule has 0 aromatic carbocycles. The van der Waals surface area contributed by atoms with E-state index in [2.05, 4.69) is 19.9 Å². The average Bonchev–Trinajstić information content (AvgIpc) is 2.45. The van der Waals surface area contributed by atoms with Crippen LogP contribution in [0.4, 0.5) is 0 Å². The maximum Gasteiger partial charge on any atom is 0.335 e. The van der Waals surface area contributed by atoms with Gasteiger partial charge in [0.05, 0.1) is 6.10 Å². The normalized spacial score (nSPS) is 21.7. The Morgan fingerprint density at radius 1 is 1.56 bits per heavy atom. The largest absolute Gasteiger partial charge is 0.479 e. The molecule has 3 heteroatoms. The number of aliphatic carboxylic acids is 1. The highest BCUT2D eigenvalue weighted by Gasteiger charge is 2.33. The summed E-state index contributed by atoms with van der Waals surface area (Å²) in [5.41, 5.74) is 0.326. The van der Waals surface area contributed by atoms with Crippen molar-refractivity contribution >= 4 is 5.97 Å². The Morgan fingerprint density at radius 3 is 2.50 bits per heavy atom. The molecule has 0 aromatic heterocycles. The third-order valence-corrected chi connectivity index (χ3v) is 3.14. The Labute approximate surface area is 97.5 Å². The second kappa shape index (κ2) is 4.21. The van der Waals surface area contributed by atoms with Crippen LogP contribution in [0.5, 0.6) is 0 Å². The van der Waals surface area contributed by atoms with Crippen molar-refractivity contribution in [2.75, 3.05) is 0 Å². The van der Waals surface area contributed by atoms with Gasteiger partial charge in [0.2, 0.25) is 0 Å². The van der Waals surface area contributed by atoms with E-state index in [-0.39, 0.29) is 11.5 Å². The van der Waals surface area contributed by atoms with Gasteiger partial charge in [0.25, 0.3) is 0 Å². The molecule has 16 heavy (non-hydrogen) atoms. The Bertz CT molecular complexity index is 313. The summed E-state index contributed by atoms with van der Waals surface area (Å²) in [5, 5.41) is 8.99. The van der Waals surface area contributed by atoms with Crippen LogP contribution in [0.25, 0.3) is 0 Å². The van der Waals surface area contributed by atoms with Gasteiger partial charge < -0.3 is 9.84 Å². The molecule has 0 saturated heterocycles. The van der Waals surface area contributed by atoms with E-state index in [1.54, 1.807) is 13.8 Å². The lowest BCUT2D eigenvalue weighted by Crippen LogP contribution is -2.38. The molecule has 0 bridgehead atoms. The van der Waals surface area contributed by atoms with Crippen molar-refractivity contribution in [2.45, 2.75) is 59.2 Å². The van der Waals surface area contributed by atoms with E-state index in [1.165, 1.54) is 5.57 Å². The van der Waals surface area contributed by atoms with Crippen molar-refractivity contribution in [3.05, 3.63) is 11.6 Å². The molecule has 0 aromatic rings. The van der Waals surface area contributed by atoms with Crippen LogP contribution in [0.1, 0.15) is 47.5 Å². The van der Waals surface area contributed by atoms with Crippen LogP contribution in [-0.2, 0) is 9.53 Å². The SMILES string of the molecule is CC(OC(C)(C)C(=O)O)C1=CC(C)(C)CC1. The summed E-state index contributed by atoms with van der Waals surface area (Å²) in [6.45, 7) is 9.49. The topological polar surface area (TPSA) is 46.5 Å². The fourth-order valence-electron chi connectivity index (χ4n) is 2.00. The van der Waals surface area contributed by atoms with Crippen LogP contribution in [0, 0.1) is 5.41 Å². The van der Waals surface area contributed by atoms with E-state index in [1.807, 2.05) is 6.92 Å². The van der Waals surface area contributed by atoms with Crippen molar-refractivity contribution in [3.8, 4) is 0 Å². The monoisotopic (exact) mass is 226 g/mol. The molecule has 3 nitrogen and oxygen atoms in total. The zero-order valence-electron chi connectivity index (χ0n) is 10.8. The van der Waals surface area contributed by atoms with Crippen LogP contribution in [0.3, 0.4) is 0 Å². The van der Waals surface area contributed by atoms with Gasteiger partial charge in [0.1, 0.15) is 0 Å². The van der Waals surface area contributed by atoms with E-state index >= 15 is 0 Å². The maximum atomic E-state index is 11.0. The third kappa shape index (κ3) is 3.08. The summed E-state index contributed by atoms with van der Waals surface area (Å²) in [6, 6.07) is 0. The zero-order valence-corrected chi connectivity index (χ0v) is 10.8. The first-order valence-electron chi connectivity index (χ1n) is 5.77. The molecule has 1 aliphatic carbocycles. The molecule has 1 rings (SSSR count). The van der Waals surface area contributed by atoms with Gasteiger partial charge in [0.15, 0.2) is 5.60 Å². The summed E-state index contributed by atoms with van der Waals surface area (Å²) < 4.78 is 5.61. The lowest BCUT2D eigenvalue weighted by atomic mass is 9.94. The molecular weight excluding hydrogens is 204 g/mol. The van der Waals surface area contributed by atoms with Gasteiger partial charge >= 0.3 is 5.97 Å². The van der Waals surface area contributed by atoms with E-state index < -0.39 is 11.6 Å². The number of carbonyl (C=O) groups is 1. The number of hydrogen-bond donors (Lipinski definition) is 1. The summed E-state index contributed by atoms with van der Waals surface area (Å²) in [7, 11) is 0. The van der Waals surface area contributed by atoms with Crippen LogP contribution in [0.2, 0.25) is 0 Å². The number of ether oxygens (including phenoxy) is 1. The lowest BCUT2D eigenvalue weighted by Gasteiger charge is -2.25. The molecule has 0 heterocycles. The van der Waals surface area contributed by atoms with Gasteiger partial charge in [-0.15, -0.1) is 0 Å². The molecule has 0 fully saturated rings. The molecule has 1 atom stereocenters. The molecule has 1 N–H and O–H groups in total. The third-order valence-electron chi connectivity index (χ3n) is 3.14. The number of carboxylic acid groups (broad SMARTS) is 1. The number of carboxylic acids is 1. The summed E-state index contributed by atoms with van der Waals surface area (Å²) in [4.78, 5) is 11.0. The van der Waals surface area contributed by atoms with Crippen LogP contribution < -0.4 is 0 Å². The van der Waals surface area contributed by atoms with E-state index in [0.29, 0.717) is 0 Å². The first-order valence-corrected chi connectivity index (χ1v) is 5.77. The molecule has 0 radical (unpaired) electrons. The van der Waals surface area contributed by atoms with Gasteiger partial charge in [-0.1, -0.05) is 19.9 Å². The van der Waals surface area contributed by atoms with Gasteiger partial charge in [-0.2, -0.15) is 0 Å². The predicted octanol–water partition coefficient (Wildman–Crippen LogP) is 3.00. The van der Waals surface area contributed by atoms with Gasteiger partial charge in [-0.3, -0.25) is 0 Å². The van der Waals surface area contributed by atoms with Crippen molar-refractivity contribution in [1.82, 2.24) is 0 Å². The van der Waals surface area contributed by atoms with E-state index in [0.717, 1.165) is 12.8 Å². The minimum atomic E-state index is -1.12. The van der Waals surface area contributed by atoms with Crippen LogP contribution in [0.15, 0.2) is 11.6 Å². The number of allylic oxidation sites excluding steroid dienone is 1. The van der Waals surface area contributed by atoms with Crippen LogP contribution >= 0.6 is 0 Å². The smallest absolute Gasteiger partial charge is 0.335 e. The highest BCUT2D eigenvalue weighted by Crippen LogP contribution is 2.37.